The predicted molar refractivity (Wildman–Crippen MR) is 107 cm³/mol. The molecule has 0 saturated heterocycles. The van der Waals surface area contributed by atoms with Crippen LogP contribution in [-0.2, 0) is 14.6 Å². The van der Waals surface area contributed by atoms with Gasteiger partial charge in [-0.2, -0.15) is 0 Å². The average molecular weight is 395 g/mol. The topological polar surface area (TPSA) is 66.5 Å². The summed E-state index contributed by atoms with van der Waals surface area (Å²) in [5.41, 5.74) is 1.61. The third-order valence-corrected chi connectivity index (χ3v) is 5.83. The Morgan fingerprint density at radius 3 is 2.15 bits per heavy atom. The normalized spacial score (nSPS) is 11.4. The largest absolute Gasteiger partial charge is 0.369 e. The van der Waals surface area contributed by atoms with Crippen molar-refractivity contribution in [1.82, 2.24) is 0 Å². The number of halogens is 1. The molecule has 0 radical (unpaired) electrons. The van der Waals surface area contributed by atoms with Crippen molar-refractivity contribution < 1.29 is 13.2 Å². The first-order valence-electron chi connectivity index (χ1n) is 8.38. The van der Waals surface area contributed by atoms with Crippen LogP contribution >= 0.6 is 11.6 Å². The molecule has 0 aliphatic heterocycles. The first-order chi connectivity index (χ1) is 12.2. The van der Waals surface area contributed by atoms with Crippen LogP contribution < -0.4 is 10.2 Å². The van der Waals surface area contributed by atoms with Crippen LogP contribution in [0.4, 0.5) is 11.4 Å². The van der Waals surface area contributed by atoms with Crippen LogP contribution in [0.1, 0.15) is 20.8 Å². The minimum absolute atomic E-state index is 0.0721. The van der Waals surface area contributed by atoms with Crippen molar-refractivity contribution in [3.05, 3.63) is 53.6 Å². The van der Waals surface area contributed by atoms with E-state index in [0.29, 0.717) is 16.8 Å². The first-order valence-corrected chi connectivity index (χ1v) is 10.4. The zero-order valence-corrected chi connectivity index (χ0v) is 16.6. The highest BCUT2D eigenvalue weighted by Gasteiger charge is 2.19. The van der Waals surface area contributed by atoms with Crippen LogP contribution in [0.5, 0.6) is 0 Å². The summed E-state index contributed by atoms with van der Waals surface area (Å²) < 4.78 is 24.6. The smallest absolute Gasteiger partial charge is 0.239 e. The van der Waals surface area contributed by atoms with Gasteiger partial charge in [0.25, 0.3) is 0 Å². The molecule has 0 atom stereocenters. The molecule has 2 rings (SSSR count). The monoisotopic (exact) mass is 394 g/mol. The molecule has 0 fully saturated rings. The summed E-state index contributed by atoms with van der Waals surface area (Å²) in [5.74, 6) is -1.20. The Morgan fingerprint density at radius 1 is 1.08 bits per heavy atom. The number of rotatable bonds is 7. The predicted octanol–water partition coefficient (Wildman–Crippen LogP) is 3.99. The van der Waals surface area contributed by atoms with Crippen molar-refractivity contribution >= 4 is 38.7 Å². The van der Waals surface area contributed by atoms with Crippen molar-refractivity contribution in [1.29, 1.82) is 0 Å². The lowest BCUT2D eigenvalue weighted by Crippen LogP contribution is -2.30. The lowest BCUT2D eigenvalue weighted by atomic mass is 10.2. The van der Waals surface area contributed by atoms with E-state index in [1.54, 1.807) is 12.1 Å². The SMILES string of the molecule is CCN(c1ccc(NC(=O)CS(=O)(=O)c2ccc(Cl)cc2)cc1)C(C)C. The van der Waals surface area contributed by atoms with Gasteiger partial charge in [0.05, 0.1) is 4.90 Å². The van der Waals surface area contributed by atoms with Gasteiger partial charge in [-0.25, -0.2) is 8.42 Å². The fraction of sp³-hybridized carbons (Fsp3) is 0.316. The van der Waals surface area contributed by atoms with Gasteiger partial charge in [0.2, 0.25) is 5.91 Å². The molecule has 140 valence electrons. The van der Waals surface area contributed by atoms with Crippen LogP contribution in [0.2, 0.25) is 5.02 Å². The van der Waals surface area contributed by atoms with Gasteiger partial charge in [0, 0.05) is 29.0 Å². The zero-order chi connectivity index (χ0) is 19.3. The molecule has 0 unspecified atom stereocenters. The van der Waals surface area contributed by atoms with E-state index in [1.165, 1.54) is 24.3 Å². The summed E-state index contributed by atoms with van der Waals surface area (Å²) in [5, 5.41) is 3.07. The molecular weight excluding hydrogens is 372 g/mol. The molecule has 26 heavy (non-hydrogen) atoms. The lowest BCUT2D eigenvalue weighted by molar-refractivity contribution is -0.113. The van der Waals surface area contributed by atoms with E-state index in [2.05, 4.69) is 31.0 Å². The molecule has 0 bridgehead atoms. The van der Waals surface area contributed by atoms with Gasteiger partial charge in [0.1, 0.15) is 5.75 Å². The average Bonchev–Trinajstić information content (AvgIpc) is 2.56. The summed E-state index contributed by atoms with van der Waals surface area (Å²) in [4.78, 5) is 14.4. The van der Waals surface area contributed by atoms with E-state index in [9.17, 15) is 13.2 Å². The second kappa shape index (κ2) is 8.56. The summed E-state index contributed by atoms with van der Waals surface area (Å²) in [6.07, 6.45) is 0. The molecule has 0 aliphatic rings. The molecular formula is C19H23ClN2O3S. The Hall–Kier alpha value is -2.05. The van der Waals surface area contributed by atoms with E-state index in [-0.39, 0.29) is 4.90 Å². The number of carbonyl (C=O) groups is 1. The summed E-state index contributed by atoms with van der Waals surface area (Å²) in [7, 11) is -3.71. The van der Waals surface area contributed by atoms with Gasteiger partial charge in [0.15, 0.2) is 9.84 Å². The Balaban J connectivity index is 2.04. The van der Waals surface area contributed by atoms with E-state index < -0.39 is 21.5 Å². The van der Waals surface area contributed by atoms with Gasteiger partial charge in [-0.1, -0.05) is 11.6 Å². The Labute approximate surface area is 159 Å². The van der Waals surface area contributed by atoms with Gasteiger partial charge < -0.3 is 10.2 Å². The van der Waals surface area contributed by atoms with Crippen molar-refractivity contribution in [3.8, 4) is 0 Å². The molecule has 7 heteroatoms. The maximum absolute atomic E-state index is 12.3. The fourth-order valence-electron chi connectivity index (χ4n) is 2.68. The van der Waals surface area contributed by atoms with E-state index in [1.807, 2.05) is 12.1 Å². The second-order valence-corrected chi connectivity index (χ2v) is 8.61. The number of nitrogens with zero attached hydrogens (tertiary/aromatic N) is 1. The standard InChI is InChI=1S/C19H23ClN2O3S/c1-4-22(14(2)3)17-9-7-16(8-10-17)21-19(23)13-26(24,25)18-11-5-15(20)6-12-18/h5-12,14H,4,13H2,1-3H3,(H,21,23). The summed E-state index contributed by atoms with van der Waals surface area (Å²) in [6.45, 7) is 7.18. The highest BCUT2D eigenvalue weighted by molar-refractivity contribution is 7.92. The highest BCUT2D eigenvalue weighted by Crippen LogP contribution is 2.20. The van der Waals surface area contributed by atoms with Crippen LogP contribution in [0, 0.1) is 0 Å². The van der Waals surface area contributed by atoms with Crippen LogP contribution in [-0.4, -0.2) is 32.7 Å². The minimum Gasteiger partial charge on any atom is -0.369 e. The quantitative estimate of drug-likeness (QED) is 0.771. The third kappa shape index (κ3) is 5.22. The molecule has 1 amide bonds. The Kier molecular flexibility index (Phi) is 6.67. The number of anilines is 2. The van der Waals surface area contributed by atoms with Crippen LogP contribution in [0.15, 0.2) is 53.4 Å². The minimum atomic E-state index is -3.71. The van der Waals surface area contributed by atoms with Gasteiger partial charge in [-0.15, -0.1) is 0 Å². The number of amides is 1. The fourth-order valence-corrected chi connectivity index (χ4v) is 3.94. The van der Waals surface area contributed by atoms with Crippen molar-refractivity contribution in [2.75, 3.05) is 22.5 Å². The van der Waals surface area contributed by atoms with Crippen LogP contribution in [0.25, 0.3) is 0 Å². The number of hydrogen-bond acceptors (Lipinski definition) is 4. The second-order valence-electron chi connectivity index (χ2n) is 6.19. The molecule has 5 nitrogen and oxygen atoms in total. The maximum atomic E-state index is 12.3. The van der Waals surface area contributed by atoms with Crippen molar-refractivity contribution in [3.63, 3.8) is 0 Å². The number of nitrogens with one attached hydrogen (secondary N) is 1. The number of benzene rings is 2. The third-order valence-electron chi connectivity index (χ3n) is 3.94. The summed E-state index contributed by atoms with van der Waals surface area (Å²) >= 11 is 5.76. The van der Waals surface area contributed by atoms with Crippen LogP contribution in [0.3, 0.4) is 0 Å². The van der Waals surface area contributed by atoms with E-state index in [4.69, 9.17) is 11.6 Å². The molecule has 0 spiro atoms. The van der Waals surface area contributed by atoms with Crippen molar-refractivity contribution in [2.45, 2.75) is 31.7 Å². The Bertz CT molecular complexity index is 847. The lowest BCUT2D eigenvalue weighted by Gasteiger charge is -2.27. The maximum Gasteiger partial charge on any atom is 0.239 e. The zero-order valence-electron chi connectivity index (χ0n) is 15.1. The molecule has 0 heterocycles. The van der Waals surface area contributed by atoms with Gasteiger partial charge in [-0.05, 0) is 69.3 Å². The number of hydrogen-bond donors (Lipinski definition) is 1. The van der Waals surface area contributed by atoms with Gasteiger partial charge >= 0.3 is 0 Å². The Morgan fingerprint density at radius 2 is 1.65 bits per heavy atom. The first kappa shape index (κ1) is 20.3. The van der Waals surface area contributed by atoms with E-state index >= 15 is 0 Å². The van der Waals surface area contributed by atoms with Crippen molar-refractivity contribution in [2.24, 2.45) is 0 Å². The van der Waals surface area contributed by atoms with E-state index in [0.717, 1.165) is 12.2 Å². The molecule has 1 N–H and O–H groups in total. The molecule has 0 aromatic heterocycles. The number of carbonyl (C=O) groups excluding carboxylic acids is 1. The molecule has 2 aromatic carbocycles. The molecule has 0 aliphatic carbocycles. The highest BCUT2D eigenvalue weighted by atomic mass is 35.5. The molecule has 2 aromatic rings. The number of sulfone groups is 1. The summed E-state index contributed by atoms with van der Waals surface area (Å²) in [6, 6.07) is 13.5. The molecule has 0 saturated carbocycles. The van der Waals surface area contributed by atoms with Gasteiger partial charge in [-0.3, -0.25) is 4.79 Å².